The second-order valence-corrected chi connectivity index (χ2v) is 6.40. The van der Waals surface area contributed by atoms with E-state index < -0.39 is 0 Å². The van der Waals surface area contributed by atoms with Crippen molar-refractivity contribution >= 4 is 5.95 Å². The van der Waals surface area contributed by atoms with Crippen LogP contribution in [0.4, 0.5) is 5.95 Å². The maximum absolute atomic E-state index is 4.45. The molecule has 0 fully saturated rings. The first kappa shape index (κ1) is 15.8. The van der Waals surface area contributed by atoms with Gasteiger partial charge in [0.15, 0.2) is 0 Å². The maximum atomic E-state index is 4.45. The van der Waals surface area contributed by atoms with Crippen molar-refractivity contribution in [2.75, 3.05) is 11.9 Å². The molecule has 0 atom stereocenters. The molecule has 25 heavy (non-hydrogen) atoms. The molecule has 0 spiro atoms. The minimum absolute atomic E-state index is 0.668. The van der Waals surface area contributed by atoms with Gasteiger partial charge in [0.2, 0.25) is 5.95 Å². The van der Waals surface area contributed by atoms with Crippen molar-refractivity contribution < 1.29 is 0 Å². The first-order chi connectivity index (χ1) is 12.4. The van der Waals surface area contributed by atoms with Gasteiger partial charge >= 0.3 is 0 Å². The molecule has 3 aromatic rings. The zero-order valence-corrected chi connectivity index (χ0v) is 14.2. The number of imidazole rings is 1. The van der Waals surface area contributed by atoms with Crippen LogP contribution in [0.2, 0.25) is 0 Å². The summed E-state index contributed by atoms with van der Waals surface area (Å²) < 4.78 is 2.24. The molecule has 1 aliphatic heterocycles. The third kappa shape index (κ3) is 4.03. The lowest BCUT2D eigenvalue weighted by atomic mass is 10.2. The molecule has 6 nitrogen and oxygen atoms in total. The fourth-order valence-electron chi connectivity index (χ4n) is 3.15. The summed E-state index contributed by atoms with van der Waals surface area (Å²) >= 11 is 0. The fraction of sp³-hybridized carbons (Fsp3) is 0.316. The van der Waals surface area contributed by atoms with E-state index in [9.17, 15) is 0 Å². The van der Waals surface area contributed by atoms with Crippen LogP contribution in [0.5, 0.6) is 0 Å². The van der Waals surface area contributed by atoms with Gasteiger partial charge in [-0.05, 0) is 12.0 Å². The zero-order chi connectivity index (χ0) is 16.9. The number of aryl methyl sites for hydroxylation is 1. The highest BCUT2D eigenvalue weighted by atomic mass is 15.2. The van der Waals surface area contributed by atoms with Gasteiger partial charge in [-0.15, -0.1) is 0 Å². The van der Waals surface area contributed by atoms with Crippen molar-refractivity contribution in [2.24, 2.45) is 0 Å². The number of nitrogens with zero attached hydrogens (tertiary/aromatic N) is 5. The summed E-state index contributed by atoms with van der Waals surface area (Å²) in [4.78, 5) is 15.6. The Labute approximate surface area is 147 Å². The Balaban J connectivity index is 1.34. The lowest BCUT2D eigenvalue weighted by Crippen LogP contribution is -2.23. The lowest BCUT2D eigenvalue weighted by Gasteiger charge is -2.19. The Morgan fingerprint density at radius 2 is 1.80 bits per heavy atom. The number of anilines is 1. The van der Waals surface area contributed by atoms with E-state index in [-0.39, 0.29) is 0 Å². The van der Waals surface area contributed by atoms with E-state index in [0.29, 0.717) is 5.95 Å². The molecule has 1 N–H and O–H groups in total. The van der Waals surface area contributed by atoms with E-state index in [4.69, 9.17) is 0 Å². The molecule has 0 saturated heterocycles. The summed E-state index contributed by atoms with van der Waals surface area (Å²) in [6, 6.07) is 10.3. The standard InChI is InChI=1S/C19H22N6/c1-2-5-16(6-3-1)9-21-19-22-10-17(11-23-19)13-24-7-4-8-25-15-20-12-18(25)14-24/h1-3,5-6,10-12,15H,4,7-9,13-14H2,(H,21,22,23). The summed E-state index contributed by atoms with van der Waals surface area (Å²) in [6.07, 6.45) is 8.87. The Bertz CT molecular complexity index is 796. The molecule has 1 aromatic carbocycles. The Kier molecular flexibility index (Phi) is 4.70. The molecule has 0 amide bonds. The molecule has 3 heterocycles. The normalized spacial score (nSPS) is 14.7. The van der Waals surface area contributed by atoms with Crippen LogP contribution in [0.3, 0.4) is 0 Å². The average molecular weight is 334 g/mol. The number of benzene rings is 1. The number of aromatic nitrogens is 4. The molecular formula is C19H22N6. The van der Waals surface area contributed by atoms with Gasteiger partial charge in [0.1, 0.15) is 0 Å². The molecule has 128 valence electrons. The predicted octanol–water partition coefficient (Wildman–Crippen LogP) is 2.69. The van der Waals surface area contributed by atoms with Gasteiger partial charge in [0.25, 0.3) is 0 Å². The number of nitrogens with one attached hydrogen (secondary N) is 1. The largest absolute Gasteiger partial charge is 0.350 e. The zero-order valence-electron chi connectivity index (χ0n) is 14.2. The van der Waals surface area contributed by atoms with E-state index in [1.165, 1.54) is 11.3 Å². The van der Waals surface area contributed by atoms with Crippen LogP contribution < -0.4 is 5.32 Å². The van der Waals surface area contributed by atoms with E-state index in [1.807, 2.05) is 43.1 Å². The molecular weight excluding hydrogens is 312 g/mol. The average Bonchev–Trinajstić information content (AvgIpc) is 3.00. The topological polar surface area (TPSA) is 58.9 Å². The summed E-state index contributed by atoms with van der Waals surface area (Å²) in [5.41, 5.74) is 3.63. The quantitative estimate of drug-likeness (QED) is 0.777. The molecule has 0 aliphatic carbocycles. The van der Waals surface area contributed by atoms with Crippen LogP contribution in [0, 0.1) is 0 Å². The smallest absolute Gasteiger partial charge is 0.222 e. The van der Waals surface area contributed by atoms with Gasteiger partial charge in [0, 0.05) is 56.9 Å². The first-order valence-electron chi connectivity index (χ1n) is 8.67. The lowest BCUT2D eigenvalue weighted by molar-refractivity contribution is 0.260. The van der Waals surface area contributed by atoms with Crippen LogP contribution in [-0.4, -0.2) is 31.0 Å². The first-order valence-corrected chi connectivity index (χ1v) is 8.67. The highest BCUT2D eigenvalue weighted by Gasteiger charge is 2.14. The van der Waals surface area contributed by atoms with Crippen molar-refractivity contribution in [3.63, 3.8) is 0 Å². The summed E-state index contributed by atoms with van der Waals surface area (Å²) in [5, 5.41) is 3.26. The van der Waals surface area contributed by atoms with Crippen LogP contribution in [0.15, 0.2) is 55.2 Å². The minimum atomic E-state index is 0.668. The number of fused-ring (bicyclic) bond motifs is 1. The van der Waals surface area contributed by atoms with Gasteiger partial charge in [-0.1, -0.05) is 30.3 Å². The van der Waals surface area contributed by atoms with Gasteiger partial charge in [0.05, 0.1) is 12.0 Å². The third-order valence-electron chi connectivity index (χ3n) is 4.46. The van der Waals surface area contributed by atoms with Crippen LogP contribution in [0.25, 0.3) is 0 Å². The molecule has 1 aliphatic rings. The van der Waals surface area contributed by atoms with E-state index in [0.717, 1.165) is 44.7 Å². The maximum Gasteiger partial charge on any atom is 0.222 e. The molecule has 2 aromatic heterocycles. The SMILES string of the molecule is c1ccc(CNc2ncc(CN3CCCn4cncc4C3)cn2)cc1. The van der Waals surface area contributed by atoms with Crippen LogP contribution in [0.1, 0.15) is 23.2 Å². The molecule has 4 rings (SSSR count). The number of hydrogen-bond acceptors (Lipinski definition) is 5. The molecule has 0 bridgehead atoms. The monoisotopic (exact) mass is 334 g/mol. The predicted molar refractivity (Wildman–Crippen MR) is 96.8 cm³/mol. The Hall–Kier alpha value is -2.73. The highest BCUT2D eigenvalue weighted by molar-refractivity contribution is 5.27. The van der Waals surface area contributed by atoms with Crippen molar-refractivity contribution in [1.29, 1.82) is 0 Å². The number of hydrogen-bond donors (Lipinski definition) is 1. The minimum Gasteiger partial charge on any atom is -0.350 e. The Morgan fingerprint density at radius 3 is 2.64 bits per heavy atom. The third-order valence-corrected chi connectivity index (χ3v) is 4.46. The van der Waals surface area contributed by atoms with Crippen molar-refractivity contribution in [1.82, 2.24) is 24.4 Å². The van der Waals surface area contributed by atoms with Crippen LogP contribution >= 0.6 is 0 Å². The van der Waals surface area contributed by atoms with Crippen molar-refractivity contribution in [3.05, 3.63) is 72.1 Å². The fourth-order valence-corrected chi connectivity index (χ4v) is 3.15. The van der Waals surface area contributed by atoms with E-state index in [1.54, 1.807) is 0 Å². The van der Waals surface area contributed by atoms with Crippen molar-refractivity contribution in [2.45, 2.75) is 32.6 Å². The van der Waals surface area contributed by atoms with Gasteiger partial charge in [-0.2, -0.15) is 0 Å². The Morgan fingerprint density at radius 1 is 0.960 bits per heavy atom. The van der Waals surface area contributed by atoms with Gasteiger partial charge in [-0.3, -0.25) is 4.90 Å². The second kappa shape index (κ2) is 7.44. The second-order valence-electron chi connectivity index (χ2n) is 6.40. The summed E-state index contributed by atoms with van der Waals surface area (Å²) in [5.74, 6) is 0.668. The molecule has 0 saturated carbocycles. The molecule has 0 unspecified atom stereocenters. The van der Waals surface area contributed by atoms with Crippen molar-refractivity contribution in [3.8, 4) is 0 Å². The molecule has 6 heteroatoms. The van der Waals surface area contributed by atoms with E-state index in [2.05, 4.69) is 41.9 Å². The summed E-state index contributed by atoms with van der Waals surface area (Å²) in [6.45, 7) is 4.65. The molecule has 0 radical (unpaired) electrons. The summed E-state index contributed by atoms with van der Waals surface area (Å²) in [7, 11) is 0. The highest BCUT2D eigenvalue weighted by Crippen LogP contribution is 2.14. The van der Waals surface area contributed by atoms with Gasteiger partial charge in [-0.25, -0.2) is 15.0 Å². The van der Waals surface area contributed by atoms with Crippen LogP contribution in [-0.2, 0) is 26.2 Å². The number of rotatable bonds is 5. The van der Waals surface area contributed by atoms with Gasteiger partial charge < -0.3 is 9.88 Å². The van der Waals surface area contributed by atoms with E-state index >= 15 is 0 Å².